The summed E-state index contributed by atoms with van der Waals surface area (Å²) in [5.74, 6) is -0.0189. The molecular formula is C11H15ClN2O3. The van der Waals surface area contributed by atoms with Crippen LogP contribution in [0.15, 0.2) is 0 Å². The van der Waals surface area contributed by atoms with Crippen LogP contribution < -0.4 is 0 Å². The third kappa shape index (κ3) is 2.68. The van der Waals surface area contributed by atoms with Gasteiger partial charge in [-0.3, -0.25) is 9.48 Å². The Hall–Kier alpha value is -0.910. The molecule has 0 N–H and O–H groups in total. The summed E-state index contributed by atoms with van der Waals surface area (Å²) >= 11 is 6.09. The van der Waals surface area contributed by atoms with Gasteiger partial charge in [-0.2, -0.15) is 5.10 Å². The fourth-order valence-corrected chi connectivity index (χ4v) is 2.05. The quantitative estimate of drug-likeness (QED) is 0.809. The van der Waals surface area contributed by atoms with Crippen LogP contribution in [0.25, 0.3) is 0 Å². The summed E-state index contributed by atoms with van der Waals surface area (Å²) in [6, 6.07) is 0. The average molecular weight is 259 g/mol. The molecule has 2 heterocycles. The number of hydrogen-bond acceptors (Lipinski definition) is 4. The van der Waals surface area contributed by atoms with Crippen molar-refractivity contribution in [2.45, 2.75) is 19.4 Å². The van der Waals surface area contributed by atoms with Gasteiger partial charge in [0.1, 0.15) is 6.10 Å². The first-order valence-corrected chi connectivity index (χ1v) is 5.87. The molecule has 5 nitrogen and oxygen atoms in total. The number of Topliss-reactive ketones (excluding diaryl/α,β-unsaturated/α-hetero) is 1. The largest absolute Gasteiger partial charge is 0.376 e. The smallest absolute Gasteiger partial charge is 0.169 e. The molecule has 17 heavy (non-hydrogen) atoms. The number of ketones is 1. The minimum Gasteiger partial charge on any atom is -0.376 e. The molecule has 1 fully saturated rings. The zero-order chi connectivity index (χ0) is 12.4. The minimum atomic E-state index is -0.477. The van der Waals surface area contributed by atoms with Crippen molar-refractivity contribution < 1.29 is 14.3 Å². The second-order valence-electron chi connectivity index (χ2n) is 4.05. The highest BCUT2D eigenvalue weighted by Crippen LogP contribution is 2.20. The number of rotatable bonds is 3. The number of halogens is 1. The fourth-order valence-electron chi connectivity index (χ4n) is 1.82. The van der Waals surface area contributed by atoms with E-state index in [9.17, 15) is 4.79 Å². The summed E-state index contributed by atoms with van der Waals surface area (Å²) in [7, 11) is 1.78. The van der Waals surface area contributed by atoms with E-state index in [0.29, 0.717) is 24.8 Å². The van der Waals surface area contributed by atoms with Gasteiger partial charge < -0.3 is 9.47 Å². The van der Waals surface area contributed by atoms with E-state index in [0.717, 1.165) is 11.4 Å². The predicted octanol–water partition coefficient (Wildman–Crippen LogP) is 0.909. The monoisotopic (exact) mass is 258 g/mol. The van der Waals surface area contributed by atoms with E-state index in [1.165, 1.54) is 0 Å². The van der Waals surface area contributed by atoms with Crippen LogP contribution in [0.4, 0.5) is 0 Å². The van der Waals surface area contributed by atoms with Crippen LogP contribution in [-0.4, -0.2) is 41.5 Å². The van der Waals surface area contributed by atoms with Gasteiger partial charge in [-0.25, -0.2) is 0 Å². The average Bonchev–Trinajstić information content (AvgIpc) is 2.57. The molecule has 1 aliphatic rings. The van der Waals surface area contributed by atoms with Crippen LogP contribution >= 0.6 is 11.6 Å². The fraction of sp³-hybridized carbons (Fsp3) is 0.636. The lowest BCUT2D eigenvalue weighted by Crippen LogP contribution is -2.36. The highest BCUT2D eigenvalue weighted by Gasteiger charge is 2.25. The first-order chi connectivity index (χ1) is 8.09. The molecule has 1 aliphatic heterocycles. The second kappa shape index (κ2) is 5.16. The summed E-state index contributed by atoms with van der Waals surface area (Å²) in [6.45, 7) is 3.16. The Morgan fingerprint density at radius 3 is 2.88 bits per heavy atom. The molecule has 0 spiro atoms. The molecule has 1 atom stereocenters. The molecule has 94 valence electrons. The Morgan fingerprint density at radius 2 is 2.35 bits per heavy atom. The maximum Gasteiger partial charge on any atom is 0.169 e. The van der Waals surface area contributed by atoms with Crippen LogP contribution in [0.1, 0.15) is 11.4 Å². The van der Waals surface area contributed by atoms with Crippen molar-refractivity contribution in [3.05, 3.63) is 16.4 Å². The summed E-state index contributed by atoms with van der Waals surface area (Å²) in [5.41, 5.74) is 1.46. The van der Waals surface area contributed by atoms with Crippen LogP contribution in [0.5, 0.6) is 0 Å². The van der Waals surface area contributed by atoms with Crippen molar-refractivity contribution in [2.24, 2.45) is 7.05 Å². The summed E-state index contributed by atoms with van der Waals surface area (Å²) in [4.78, 5) is 12.0. The van der Waals surface area contributed by atoms with Crippen LogP contribution in [0.3, 0.4) is 0 Å². The van der Waals surface area contributed by atoms with Crippen LogP contribution in [0.2, 0.25) is 5.02 Å². The first-order valence-electron chi connectivity index (χ1n) is 5.49. The van der Waals surface area contributed by atoms with Gasteiger partial charge in [-0.15, -0.1) is 0 Å². The number of hydrogen-bond donors (Lipinski definition) is 0. The minimum absolute atomic E-state index is 0.0189. The van der Waals surface area contributed by atoms with Crippen molar-refractivity contribution in [3.8, 4) is 0 Å². The number of nitrogens with zero attached hydrogens (tertiary/aromatic N) is 2. The number of carbonyl (C=O) groups excluding carboxylic acids is 1. The Balaban J connectivity index is 2.07. The molecule has 1 aromatic rings. The zero-order valence-electron chi connectivity index (χ0n) is 9.90. The van der Waals surface area contributed by atoms with E-state index in [-0.39, 0.29) is 12.2 Å². The molecule has 1 saturated heterocycles. The predicted molar refractivity (Wildman–Crippen MR) is 62.2 cm³/mol. The summed E-state index contributed by atoms with van der Waals surface area (Å²) < 4.78 is 12.2. The number of aromatic nitrogens is 2. The molecule has 0 amide bonds. The SMILES string of the molecule is Cc1nn(C)c(CC(=O)C2COCCO2)c1Cl. The lowest BCUT2D eigenvalue weighted by Gasteiger charge is -2.21. The summed E-state index contributed by atoms with van der Waals surface area (Å²) in [5, 5.41) is 4.72. The number of aryl methyl sites for hydroxylation is 2. The Labute approximate surface area is 105 Å². The van der Waals surface area contributed by atoms with Crippen LogP contribution in [-0.2, 0) is 27.7 Å². The number of ether oxygens (including phenoxy) is 2. The summed E-state index contributed by atoms with van der Waals surface area (Å²) in [6.07, 6.45) is -0.250. The third-order valence-corrected chi connectivity index (χ3v) is 3.27. The van der Waals surface area contributed by atoms with Gasteiger partial charge in [0.25, 0.3) is 0 Å². The van der Waals surface area contributed by atoms with Crippen molar-refractivity contribution in [1.82, 2.24) is 9.78 Å². The second-order valence-corrected chi connectivity index (χ2v) is 4.43. The molecule has 2 rings (SSSR count). The van der Waals surface area contributed by atoms with Crippen molar-refractivity contribution in [3.63, 3.8) is 0 Å². The number of carbonyl (C=O) groups is 1. The van der Waals surface area contributed by atoms with Gasteiger partial charge >= 0.3 is 0 Å². The molecule has 0 aromatic carbocycles. The molecule has 1 unspecified atom stereocenters. The van der Waals surface area contributed by atoms with E-state index in [2.05, 4.69) is 5.10 Å². The maximum atomic E-state index is 12.0. The van der Waals surface area contributed by atoms with Gasteiger partial charge in [0, 0.05) is 7.05 Å². The van der Waals surface area contributed by atoms with Gasteiger partial charge in [0.15, 0.2) is 5.78 Å². The maximum absolute atomic E-state index is 12.0. The van der Waals surface area contributed by atoms with E-state index >= 15 is 0 Å². The third-order valence-electron chi connectivity index (χ3n) is 2.78. The van der Waals surface area contributed by atoms with Gasteiger partial charge in [-0.05, 0) is 6.92 Å². The Bertz CT molecular complexity index is 425. The van der Waals surface area contributed by atoms with E-state index in [1.807, 2.05) is 6.92 Å². The molecule has 0 saturated carbocycles. The normalized spacial score (nSPS) is 20.5. The van der Waals surface area contributed by atoms with Gasteiger partial charge in [-0.1, -0.05) is 11.6 Å². The van der Waals surface area contributed by atoms with Crippen LogP contribution in [0, 0.1) is 6.92 Å². The van der Waals surface area contributed by atoms with Gasteiger partial charge in [0.2, 0.25) is 0 Å². The highest BCUT2D eigenvalue weighted by molar-refractivity contribution is 6.32. The standard InChI is InChI=1S/C11H15ClN2O3/c1-7-11(12)8(14(2)13-7)5-9(15)10-6-16-3-4-17-10/h10H,3-6H2,1-2H3. The molecule has 1 aromatic heterocycles. The lowest BCUT2D eigenvalue weighted by molar-refractivity contribution is -0.144. The molecule has 0 radical (unpaired) electrons. The Kier molecular flexibility index (Phi) is 3.81. The highest BCUT2D eigenvalue weighted by atomic mass is 35.5. The molecule has 0 aliphatic carbocycles. The van der Waals surface area contributed by atoms with Crippen molar-refractivity contribution in [1.29, 1.82) is 0 Å². The van der Waals surface area contributed by atoms with Gasteiger partial charge in [0.05, 0.1) is 42.7 Å². The van der Waals surface area contributed by atoms with E-state index < -0.39 is 6.10 Å². The topological polar surface area (TPSA) is 53.4 Å². The van der Waals surface area contributed by atoms with E-state index in [4.69, 9.17) is 21.1 Å². The molecule has 0 bridgehead atoms. The van der Waals surface area contributed by atoms with Crippen molar-refractivity contribution in [2.75, 3.05) is 19.8 Å². The van der Waals surface area contributed by atoms with E-state index in [1.54, 1.807) is 11.7 Å². The first kappa shape index (κ1) is 12.5. The zero-order valence-corrected chi connectivity index (χ0v) is 10.7. The Morgan fingerprint density at radius 1 is 1.59 bits per heavy atom. The molecule has 6 heteroatoms. The lowest BCUT2D eigenvalue weighted by atomic mass is 10.1. The van der Waals surface area contributed by atoms with Crippen molar-refractivity contribution >= 4 is 17.4 Å². The molecular weight excluding hydrogens is 244 g/mol.